The second-order valence-electron chi connectivity index (χ2n) is 3.70. The van der Waals surface area contributed by atoms with E-state index in [0.29, 0.717) is 6.61 Å². The highest BCUT2D eigenvalue weighted by Crippen LogP contribution is 2.01. The van der Waals surface area contributed by atoms with E-state index in [1.807, 2.05) is 13.8 Å². The van der Waals surface area contributed by atoms with Crippen LogP contribution in [0.25, 0.3) is 0 Å². The van der Waals surface area contributed by atoms with Crippen molar-refractivity contribution in [1.29, 1.82) is 0 Å². The molecule has 0 fully saturated rings. The van der Waals surface area contributed by atoms with Crippen molar-refractivity contribution in [3.8, 4) is 0 Å². The lowest BCUT2D eigenvalue weighted by atomic mass is 10.2. The van der Waals surface area contributed by atoms with Gasteiger partial charge in [0.25, 0.3) is 0 Å². The molecule has 0 bridgehead atoms. The number of hydrogen-bond acceptors (Lipinski definition) is 2. The fraction of sp³-hybridized carbons (Fsp3) is 0.750. The SMILES string of the molecule is CC/C=C\CCCCOC(=O)C(C)C. The maximum absolute atomic E-state index is 11.0. The van der Waals surface area contributed by atoms with Crippen LogP contribution in [0.5, 0.6) is 0 Å². The van der Waals surface area contributed by atoms with Crippen LogP contribution in [0.4, 0.5) is 0 Å². The van der Waals surface area contributed by atoms with Crippen LogP contribution in [0.2, 0.25) is 0 Å². The van der Waals surface area contributed by atoms with E-state index in [4.69, 9.17) is 4.74 Å². The molecule has 0 heterocycles. The van der Waals surface area contributed by atoms with Gasteiger partial charge in [-0.1, -0.05) is 32.9 Å². The van der Waals surface area contributed by atoms with Crippen LogP contribution < -0.4 is 0 Å². The summed E-state index contributed by atoms with van der Waals surface area (Å²) in [5.41, 5.74) is 0. The third-order valence-corrected chi connectivity index (χ3v) is 1.88. The van der Waals surface area contributed by atoms with Gasteiger partial charge in [-0.3, -0.25) is 4.79 Å². The minimum absolute atomic E-state index is 0.00464. The van der Waals surface area contributed by atoms with Crippen molar-refractivity contribution in [2.75, 3.05) is 6.61 Å². The van der Waals surface area contributed by atoms with E-state index in [-0.39, 0.29) is 11.9 Å². The number of carbonyl (C=O) groups excluding carboxylic acids is 1. The number of rotatable bonds is 7. The quantitative estimate of drug-likeness (QED) is 0.356. The molecule has 0 aliphatic rings. The molecule has 0 aliphatic heterocycles. The van der Waals surface area contributed by atoms with E-state index in [1.165, 1.54) is 0 Å². The van der Waals surface area contributed by atoms with Crippen molar-refractivity contribution in [3.63, 3.8) is 0 Å². The zero-order valence-electron chi connectivity index (χ0n) is 9.58. The molecule has 2 heteroatoms. The summed E-state index contributed by atoms with van der Waals surface area (Å²) in [4.78, 5) is 11.0. The molecule has 0 radical (unpaired) electrons. The topological polar surface area (TPSA) is 26.3 Å². The molecule has 0 saturated heterocycles. The zero-order valence-corrected chi connectivity index (χ0v) is 9.58. The number of hydrogen-bond donors (Lipinski definition) is 0. The molecule has 2 nitrogen and oxygen atoms in total. The van der Waals surface area contributed by atoms with Crippen molar-refractivity contribution in [1.82, 2.24) is 0 Å². The van der Waals surface area contributed by atoms with Gasteiger partial charge in [-0.15, -0.1) is 0 Å². The van der Waals surface area contributed by atoms with Crippen molar-refractivity contribution in [3.05, 3.63) is 12.2 Å². The number of allylic oxidation sites excluding steroid dienone is 2. The Morgan fingerprint density at radius 2 is 2.00 bits per heavy atom. The fourth-order valence-corrected chi connectivity index (χ4v) is 0.988. The third kappa shape index (κ3) is 7.84. The molecule has 0 spiro atoms. The van der Waals surface area contributed by atoms with Crippen LogP contribution in [-0.2, 0) is 9.53 Å². The monoisotopic (exact) mass is 198 g/mol. The van der Waals surface area contributed by atoms with Crippen LogP contribution in [-0.4, -0.2) is 12.6 Å². The van der Waals surface area contributed by atoms with Gasteiger partial charge in [0.1, 0.15) is 0 Å². The maximum atomic E-state index is 11.0. The Kier molecular flexibility index (Phi) is 8.30. The lowest BCUT2D eigenvalue weighted by Crippen LogP contribution is -2.12. The Balaban J connectivity index is 3.21. The highest BCUT2D eigenvalue weighted by atomic mass is 16.5. The molecule has 0 aromatic rings. The predicted octanol–water partition coefficient (Wildman–Crippen LogP) is 3.32. The first kappa shape index (κ1) is 13.2. The molecular formula is C12H22O2. The van der Waals surface area contributed by atoms with Gasteiger partial charge in [0.05, 0.1) is 12.5 Å². The standard InChI is InChI=1S/C12H22O2/c1-4-5-6-7-8-9-10-14-12(13)11(2)3/h5-6,11H,4,7-10H2,1-3H3/b6-5-. The number of carbonyl (C=O) groups is 1. The number of unbranched alkanes of at least 4 members (excludes halogenated alkanes) is 2. The van der Waals surface area contributed by atoms with Gasteiger partial charge < -0.3 is 4.74 Å². The molecule has 82 valence electrons. The normalized spacial score (nSPS) is 11.1. The summed E-state index contributed by atoms with van der Waals surface area (Å²) in [5, 5.41) is 0. The summed E-state index contributed by atoms with van der Waals surface area (Å²) in [6, 6.07) is 0. The van der Waals surface area contributed by atoms with Crippen LogP contribution in [0, 0.1) is 5.92 Å². The Labute approximate surface area is 87.3 Å². The summed E-state index contributed by atoms with van der Waals surface area (Å²) < 4.78 is 5.05. The maximum Gasteiger partial charge on any atom is 0.308 e. The first-order valence-electron chi connectivity index (χ1n) is 5.50. The Morgan fingerprint density at radius 1 is 1.29 bits per heavy atom. The number of ether oxygens (including phenoxy) is 1. The minimum Gasteiger partial charge on any atom is -0.465 e. The van der Waals surface area contributed by atoms with E-state index in [1.54, 1.807) is 0 Å². The molecule has 0 aromatic heterocycles. The molecule has 0 aromatic carbocycles. The van der Waals surface area contributed by atoms with E-state index in [9.17, 15) is 4.79 Å². The van der Waals surface area contributed by atoms with Crippen LogP contribution in [0.15, 0.2) is 12.2 Å². The predicted molar refractivity (Wildman–Crippen MR) is 59.1 cm³/mol. The smallest absolute Gasteiger partial charge is 0.308 e. The van der Waals surface area contributed by atoms with E-state index >= 15 is 0 Å². The summed E-state index contributed by atoms with van der Waals surface area (Å²) in [6.07, 6.45) is 8.61. The van der Waals surface area contributed by atoms with Crippen LogP contribution in [0.1, 0.15) is 46.5 Å². The van der Waals surface area contributed by atoms with Crippen molar-refractivity contribution in [2.24, 2.45) is 5.92 Å². The molecule has 0 saturated carbocycles. The second-order valence-corrected chi connectivity index (χ2v) is 3.70. The van der Waals surface area contributed by atoms with Crippen molar-refractivity contribution >= 4 is 5.97 Å². The lowest BCUT2D eigenvalue weighted by Gasteiger charge is -2.05. The summed E-state index contributed by atoms with van der Waals surface area (Å²) in [6.45, 7) is 6.40. The molecule has 14 heavy (non-hydrogen) atoms. The van der Waals surface area contributed by atoms with Gasteiger partial charge in [0.15, 0.2) is 0 Å². The first-order chi connectivity index (χ1) is 6.68. The van der Waals surface area contributed by atoms with Gasteiger partial charge in [0, 0.05) is 0 Å². The average Bonchev–Trinajstić information content (AvgIpc) is 2.16. The van der Waals surface area contributed by atoms with Crippen LogP contribution >= 0.6 is 0 Å². The largest absolute Gasteiger partial charge is 0.465 e. The van der Waals surface area contributed by atoms with E-state index in [0.717, 1.165) is 25.7 Å². The fourth-order valence-electron chi connectivity index (χ4n) is 0.988. The summed E-state index contributed by atoms with van der Waals surface area (Å²) >= 11 is 0. The zero-order chi connectivity index (χ0) is 10.8. The lowest BCUT2D eigenvalue weighted by molar-refractivity contribution is -0.147. The van der Waals surface area contributed by atoms with Gasteiger partial charge in [0.2, 0.25) is 0 Å². The van der Waals surface area contributed by atoms with Crippen molar-refractivity contribution in [2.45, 2.75) is 46.5 Å². The van der Waals surface area contributed by atoms with Gasteiger partial charge >= 0.3 is 5.97 Å². The first-order valence-corrected chi connectivity index (χ1v) is 5.50. The number of esters is 1. The third-order valence-electron chi connectivity index (χ3n) is 1.88. The highest BCUT2D eigenvalue weighted by molar-refractivity contribution is 5.71. The molecule has 0 aliphatic carbocycles. The van der Waals surface area contributed by atoms with Gasteiger partial charge in [-0.25, -0.2) is 0 Å². The molecule has 0 amide bonds. The molecular weight excluding hydrogens is 176 g/mol. The Bertz CT molecular complexity index is 171. The summed E-state index contributed by atoms with van der Waals surface area (Å²) in [5.74, 6) is -0.0934. The highest BCUT2D eigenvalue weighted by Gasteiger charge is 2.06. The molecule has 0 N–H and O–H groups in total. The van der Waals surface area contributed by atoms with Gasteiger partial charge in [-0.05, 0) is 25.7 Å². The summed E-state index contributed by atoms with van der Waals surface area (Å²) in [7, 11) is 0. The van der Waals surface area contributed by atoms with Crippen LogP contribution in [0.3, 0.4) is 0 Å². The molecule has 0 atom stereocenters. The van der Waals surface area contributed by atoms with Gasteiger partial charge in [-0.2, -0.15) is 0 Å². The molecule has 0 rings (SSSR count). The Hall–Kier alpha value is -0.790. The van der Waals surface area contributed by atoms with E-state index < -0.39 is 0 Å². The average molecular weight is 198 g/mol. The molecule has 0 unspecified atom stereocenters. The Morgan fingerprint density at radius 3 is 2.57 bits per heavy atom. The van der Waals surface area contributed by atoms with Crippen molar-refractivity contribution < 1.29 is 9.53 Å². The minimum atomic E-state index is -0.0888. The second kappa shape index (κ2) is 8.79. The van der Waals surface area contributed by atoms with E-state index in [2.05, 4.69) is 19.1 Å².